The molecule has 7 heteroatoms. The van der Waals surface area contributed by atoms with Crippen molar-refractivity contribution in [3.8, 4) is 17.0 Å². The molecule has 0 spiro atoms. The van der Waals surface area contributed by atoms with Crippen LogP contribution < -0.4 is 10.1 Å². The number of hydrogen-bond acceptors (Lipinski definition) is 5. The molecule has 7 nitrogen and oxygen atoms in total. The highest BCUT2D eigenvalue weighted by Gasteiger charge is 2.32. The van der Waals surface area contributed by atoms with E-state index >= 15 is 0 Å². The van der Waals surface area contributed by atoms with Crippen LogP contribution in [-0.2, 0) is 11.3 Å². The first-order valence-corrected chi connectivity index (χ1v) is 12.3. The summed E-state index contributed by atoms with van der Waals surface area (Å²) in [6, 6.07) is 34.0. The fourth-order valence-corrected chi connectivity index (χ4v) is 4.30. The van der Waals surface area contributed by atoms with E-state index in [2.05, 4.69) is 10.4 Å². The van der Waals surface area contributed by atoms with Gasteiger partial charge in [-0.3, -0.25) is 19.1 Å². The molecule has 0 radical (unpaired) electrons. The molecule has 0 aliphatic carbocycles. The number of amides is 1. The van der Waals surface area contributed by atoms with Crippen molar-refractivity contribution in [1.82, 2.24) is 9.78 Å². The molecule has 1 amide bonds. The third-order valence-electron chi connectivity index (χ3n) is 6.21. The summed E-state index contributed by atoms with van der Waals surface area (Å²) in [5.74, 6) is -1.56. The molecule has 0 saturated carbocycles. The van der Waals surface area contributed by atoms with E-state index in [1.165, 1.54) is 0 Å². The standard InChI is InChI=1S/C32H25N3O4/c1-39-26-19-17-25(18-20-26)33-32(38)31(37)27-28(30(36)24-15-9-4-10-16-24)34-35(21-22-11-5-2-6-12-22)29(27)23-13-7-3-8-14-23/h2-20H,21H2,1H3,(H,33,38). The van der Waals surface area contributed by atoms with E-state index in [0.717, 1.165) is 5.56 Å². The predicted octanol–water partition coefficient (Wildman–Crippen LogP) is 5.66. The molecule has 4 aromatic carbocycles. The number of ketones is 2. The lowest BCUT2D eigenvalue weighted by atomic mass is 9.97. The van der Waals surface area contributed by atoms with E-state index in [-0.39, 0.29) is 11.3 Å². The van der Waals surface area contributed by atoms with E-state index in [1.54, 1.807) is 66.4 Å². The summed E-state index contributed by atoms with van der Waals surface area (Å²) in [5, 5.41) is 7.28. The first-order chi connectivity index (χ1) is 19.0. The smallest absolute Gasteiger partial charge is 0.296 e. The summed E-state index contributed by atoms with van der Waals surface area (Å²) < 4.78 is 6.78. The quantitative estimate of drug-likeness (QED) is 0.202. The molecule has 1 N–H and O–H groups in total. The van der Waals surface area contributed by atoms with Crippen molar-refractivity contribution < 1.29 is 19.1 Å². The fraction of sp³-hybridized carbons (Fsp3) is 0.0625. The molecule has 5 aromatic rings. The van der Waals surface area contributed by atoms with Gasteiger partial charge in [-0.2, -0.15) is 5.10 Å². The number of carbonyl (C=O) groups excluding carboxylic acids is 3. The maximum atomic E-state index is 13.8. The second kappa shape index (κ2) is 11.4. The van der Waals surface area contributed by atoms with Crippen molar-refractivity contribution in [2.24, 2.45) is 0 Å². The number of aromatic nitrogens is 2. The van der Waals surface area contributed by atoms with Crippen molar-refractivity contribution in [2.45, 2.75) is 6.54 Å². The van der Waals surface area contributed by atoms with Crippen LogP contribution in [-0.4, -0.2) is 34.4 Å². The zero-order valence-corrected chi connectivity index (χ0v) is 21.2. The number of methoxy groups -OCH3 is 1. The Morgan fingerprint density at radius 1 is 0.769 bits per heavy atom. The van der Waals surface area contributed by atoms with Crippen LogP contribution in [0.2, 0.25) is 0 Å². The van der Waals surface area contributed by atoms with Gasteiger partial charge in [-0.25, -0.2) is 0 Å². The maximum Gasteiger partial charge on any atom is 0.296 e. The third kappa shape index (κ3) is 5.52. The number of Topliss-reactive ketones (excluding diaryl/α,β-unsaturated/α-hetero) is 1. The van der Waals surface area contributed by atoms with Crippen molar-refractivity contribution in [3.63, 3.8) is 0 Å². The predicted molar refractivity (Wildman–Crippen MR) is 149 cm³/mol. The summed E-state index contributed by atoms with van der Waals surface area (Å²) in [7, 11) is 1.54. The van der Waals surface area contributed by atoms with Gasteiger partial charge in [-0.15, -0.1) is 0 Å². The molecule has 0 fully saturated rings. The van der Waals surface area contributed by atoms with Crippen LogP contribution in [0, 0.1) is 0 Å². The summed E-state index contributed by atoms with van der Waals surface area (Å²) in [6.07, 6.45) is 0. The summed E-state index contributed by atoms with van der Waals surface area (Å²) in [5.41, 5.74) is 2.65. The lowest BCUT2D eigenvalue weighted by Gasteiger charge is -2.11. The number of nitrogens with zero attached hydrogens (tertiary/aromatic N) is 2. The Balaban J connectivity index is 1.64. The van der Waals surface area contributed by atoms with Gasteiger partial charge in [0.15, 0.2) is 0 Å². The Labute approximate surface area is 225 Å². The first kappa shape index (κ1) is 25.4. The van der Waals surface area contributed by atoms with Crippen molar-refractivity contribution in [2.75, 3.05) is 12.4 Å². The maximum absolute atomic E-state index is 13.8. The molecule has 0 bridgehead atoms. The van der Waals surface area contributed by atoms with Crippen LogP contribution in [0.25, 0.3) is 11.3 Å². The highest BCUT2D eigenvalue weighted by Crippen LogP contribution is 2.30. The van der Waals surface area contributed by atoms with Crippen LogP contribution in [0.5, 0.6) is 5.75 Å². The third-order valence-corrected chi connectivity index (χ3v) is 6.21. The molecule has 192 valence electrons. The monoisotopic (exact) mass is 515 g/mol. The van der Waals surface area contributed by atoms with Crippen LogP contribution in [0.1, 0.15) is 32.0 Å². The highest BCUT2D eigenvalue weighted by molar-refractivity contribution is 6.48. The summed E-state index contributed by atoms with van der Waals surface area (Å²) in [4.78, 5) is 40.8. The normalized spacial score (nSPS) is 10.6. The first-order valence-electron chi connectivity index (χ1n) is 12.3. The van der Waals surface area contributed by atoms with Crippen molar-refractivity contribution in [3.05, 3.63) is 138 Å². The molecule has 1 aromatic heterocycles. The molecule has 0 aliphatic rings. The average molecular weight is 516 g/mol. The van der Waals surface area contributed by atoms with Gasteiger partial charge < -0.3 is 10.1 Å². The minimum Gasteiger partial charge on any atom is -0.497 e. The van der Waals surface area contributed by atoms with Gasteiger partial charge in [-0.1, -0.05) is 91.0 Å². The number of carbonyl (C=O) groups is 3. The van der Waals surface area contributed by atoms with Gasteiger partial charge in [0.05, 0.1) is 24.9 Å². The van der Waals surface area contributed by atoms with Crippen molar-refractivity contribution >= 4 is 23.2 Å². The molecular formula is C32H25N3O4. The zero-order chi connectivity index (χ0) is 27.2. The molecule has 5 rings (SSSR count). The number of hydrogen-bond donors (Lipinski definition) is 1. The number of ether oxygens (including phenoxy) is 1. The molecule has 39 heavy (non-hydrogen) atoms. The topological polar surface area (TPSA) is 90.3 Å². The number of rotatable bonds is 9. The Morgan fingerprint density at radius 3 is 1.97 bits per heavy atom. The van der Waals surface area contributed by atoms with Gasteiger partial charge in [0.25, 0.3) is 11.7 Å². The SMILES string of the molecule is COc1ccc(NC(=O)C(=O)c2c(C(=O)c3ccccc3)nn(Cc3ccccc3)c2-c2ccccc2)cc1. The van der Waals surface area contributed by atoms with Gasteiger partial charge in [0, 0.05) is 16.8 Å². The summed E-state index contributed by atoms with van der Waals surface area (Å²) >= 11 is 0. The van der Waals surface area contributed by atoms with Crippen LogP contribution in [0.4, 0.5) is 5.69 Å². The second-order valence-corrected chi connectivity index (χ2v) is 8.79. The van der Waals surface area contributed by atoms with Gasteiger partial charge in [0.2, 0.25) is 5.78 Å². The van der Waals surface area contributed by atoms with Gasteiger partial charge in [-0.05, 0) is 29.8 Å². The van der Waals surface area contributed by atoms with Crippen molar-refractivity contribution in [1.29, 1.82) is 0 Å². The van der Waals surface area contributed by atoms with Gasteiger partial charge >= 0.3 is 0 Å². The van der Waals surface area contributed by atoms with Gasteiger partial charge in [0.1, 0.15) is 11.4 Å². The number of anilines is 1. The molecule has 0 atom stereocenters. The lowest BCUT2D eigenvalue weighted by molar-refractivity contribution is -0.112. The van der Waals surface area contributed by atoms with E-state index in [0.29, 0.717) is 34.8 Å². The van der Waals surface area contributed by atoms with Crippen LogP contribution in [0.15, 0.2) is 115 Å². The molecule has 0 aliphatic heterocycles. The van der Waals surface area contributed by atoms with E-state index < -0.39 is 17.5 Å². The Hall–Kier alpha value is -5.30. The highest BCUT2D eigenvalue weighted by atomic mass is 16.5. The largest absolute Gasteiger partial charge is 0.497 e. The molecule has 0 saturated heterocycles. The fourth-order valence-electron chi connectivity index (χ4n) is 4.30. The molecule has 1 heterocycles. The van der Waals surface area contributed by atoms with E-state index in [1.807, 2.05) is 60.7 Å². The Kier molecular flexibility index (Phi) is 7.41. The minimum absolute atomic E-state index is 0.0444. The van der Waals surface area contributed by atoms with E-state index in [4.69, 9.17) is 4.74 Å². The molecule has 0 unspecified atom stereocenters. The second-order valence-electron chi connectivity index (χ2n) is 8.79. The summed E-state index contributed by atoms with van der Waals surface area (Å²) in [6.45, 7) is 0.299. The number of nitrogens with one attached hydrogen (secondary N) is 1. The minimum atomic E-state index is -0.876. The Bertz CT molecular complexity index is 1610. The van der Waals surface area contributed by atoms with Crippen LogP contribution in [0.3, 0.4) is 0 Å². The molecular weight excluding hydrogens is 490 g/mol. The average Bonchev–Trinajstić information content (AvgIpc) is 3.36. The number of benzene rings is 4. The van der Waals surface area contributed by atoms with Crippen LogP contribution >= 0.6 is 0 Å². The lowest BCUT2D eigenvalue weighted by Crippen LogP contribution is -2.25. The van der Waals surface area contributed by atoms with E-state index in [9.17, 15) is 14.4 Å². The Morgan fingerprint density at radius 2 is 1.36 bits per heavy atom. The zero-order valence-electron chi connectivity index (χ0n) is 21.2.